The summed E-state index contributed by atoms with van der Waals surface area (Å²) >= 11 is 0. The van der Waals surface area contributed by atoms with Gasteiger partial charge in [-0.1, -0.05) is 44.0 Å². The van der Waals surface area contributed by atoms with Gasteiger partial charge < -0.3 is 4.90 Å². The van der Waals surface area contributed by atoms with Gasteiger partial charge in [0.15, 0.2) is 0 Å². The summed E-state index contributed by atoms with van der Waals surface area (Å²) in [5.74, 6) is -0.312. The van der Waals surface area contributed by atoms with E-state index >= 15 is 0 Å². The molecule has 28 heavy (non-hydrogen) atoms. The standard InChI is InChI=1S/C23H29N3O2/c1-2-3-6-12-26-13-7-9-21(26)11-14-28-25-23(27)19-15-18-8-4-5-10-22(18)20(16-19)17-24/h4-5,8,10,15-16,21H,2-3,6-7,9,11-14H2,1H3,(H,25,27). The summed E-state index contributed by atoms with van der Waals surface area (Å²) in [5.41, 5.74) is 3.48. The Kier molecular flexibility index (Phi) is 7.41. The molecule has 148 valence electrons. The molecule has 5 heteroatoms. The summed E-state index contributed by atoms with van der Waals surface area (Å²) in [6.45, 7) is 5.07. The number of hydrogen-bond donors (Lipinski definition) is 1. The van der Waals surface area contributed by atoms with Gasteiger partial charge in [-0.2, -0.15) is 5.26 Å². The Labute approximate surface area is 167 Å². The molecule has 5 nitrogen and oxygen atoms in total. The zero-order chi connectivity index (χ0) is 19.8. The maximum Gasteiger partial charge on any atom is 0.274 e. The molecule has 2 aromatic carbocycles. The number of likely N-dealkylation sites (tertiary alicyclic amines) is 1. The predicted molar refractivity (Wildman–Crippen MR) is 111 cm³/mol. The summed E-state index contributed by atoms with van der Waals surface area (Å²) in [7, 11) is 0. The Morgan fingerprint density at radius 3 is 3.00 bits per heavy atom. The normalized spacial score (nSPS) is 16.9. The number of nitriles is 1. The van der Waals surface area contributed by atoms with Crippen LogP contribution >= 0.6 is 0 Å². The fraction of sp³-hybridized carbons (Fsp3) is 0.478. The van der Waals surface area contributed by atoms with E-state index in [0.717, 1.165) is 17.2 Å². The minimum absolute atomic E-state index is 0.312. The quantitative estimate of drug-likeness (QED) is 0.517. The van der Waals surface area contributed by atoms with E-state index in [1.165, 1.54) is 45.2 Å². The number of carbonyl (C=O) groups is 1. The SMILES string of the molecule is CCCCCN1CCCC1CCONC(=O)c1cc(C#N)c2ccccc2c1. The molecule has 0 aromatic heterocycles. The summed E-state index contributed by atoms with van der Waals surface area (Å²) < 4.78 is 0. The maximum atomic E-state index is 12.4. The van der Waals surface area contributed by atoms with Crippen molar-refractivity contribution in [3.05, 3.63) is 47.5 Å². The van der Waals surface area contributed by atoms with Crippen molar-refractivity contribution in [1.82, 2.24) is 10.4 Å². The summed E-state index contributed by atoms with van der Waals surface area (Å²) in [4.78, 5) is 20.5. The van der Waals surface area contributed by atoms with E-state index in [2.05, 4.69) is 23.4 Å². The zero-order valence-electron chi connectivity index (χ0n) is 16.6. The molecule has 0 aliphatic carbocycles. The first-order chi connectivity index (χ1) is 13.7. The van der Waals surface area contributed by atoms with Gasteiger partial charge in [-0.15, -0.1) is 0 Å². The van der Waals surface area contributed by atoms with E-state index in [1.54, 1.807) is 12.1 Å². The predicted octanol–water partition coefficient (Wildman–Crippen LogP) is 4.42. The fourth-order valence-corrected chi connectivity index (χ4v) is 3.99. The van der Waals surface area contributed by atoms with Crippen molar-refractivity contribution in [2.75, 3.05) is 19.7 Å². The highest BCUT2D eigenvalue weighted by molar-refractivity contribution is 6.00. The number of rotatable bonds is 9. The van der Waals surface area contributed by atoms with Gasteiger partial charge in [0.05, 0.1) is 18.2 Å². The third-order valence-electron chi connectivity index (χ3n) is 5.51. The number of hydroxylamine groups is 1. The van der Waals surface area contributed by atoms with Crippen LogP contribution in [0.4, 0.5) is 0 Å². The van der Waals surface area contributed by atoms with Gasteiger partial charge in [0.1, 0.15) is 0 Å². The number of unbranched alkanes of at least 4 members (excludes halogenated alkanes) is 2. The van der Waals surface area contributed by atoms with Crippen molar-refractivity contribution in [2.45, 2.75) is 51.5 Å². The zero-order valence-corrected chi connectivity index (χ0v) is 16.6. The number of hydrogen-bond acceptors (Lipinski definition) is 4. The monoisotopic (exact) mass is 379 g/mol. The number of amides is 1. The van der Waals surface area contributed by atoms with Crippen LogP contribution in [0, 0.1) is 11.3 Å². The maximum absolute atomic E-state index is 12.4. The molecule has 0 radical (unpaired) electrons. The van der Waals surface area contributed by atoms with Gasteiger partial charge in [-0.05, 0) is 61.7 Å². The Bertz CT molecular complexity index is 843. The van der Waals surface area contributed by atoms with Crippen LogP contribution in [0.3, 0.4) is 0 Å². The lowest BCUT2D eigenvalue weighted by molar-refractivity contribution is 0.0240. The number of nitrogens with one attached hydrogen (secondary N) is 1. The lowest BCUT2D eigenvalue weighted by Crippen LogP contribution is -2.32. The van der Waals surface area contributed by atoms with Gasteiger partial charge in [0, 0.05) is 11.6 Å². The highest BCUT2D eigenvalue weighted by Crippen LogP contribution is 2.22. The van der Waals surface area contributed by atoms with Crippen LogP contribution < -0.4 is 5.48 Å². The largest absolute Gasteiger partial charge is 0.300 e. The first-order valence-electron chi connectivity index (χ1n) is 10.3. The molecule has 1 saturated heterocycles. The van der Waals surface area contributed by atoms with Crippen LogP contribution in [0.5, 0.6) is 0 Å². The van der Waals surface area contributed by atoms with E-state index in [4.69, 9.17) is 4.84 Å². The molecule has 1 unspecified atom stereocenters. The number of carbonyl (C=O) groups excluding carboxylic acids is 1. The van der Waals surface area contributed by atoms with E-state index in [0.29, 0.717) is 23.8 Å². The van der Waals surface area contributed by atoms with Crippen molar-refractivity contribution in [2.24, 2.45) is 0 Å². The molecule has 1 amide bonds. The average molecular weight is 380 g/mol. The second-order valence-electron chi connectivity index (χ2n) is 7.46. The van der Waals surface area contributed by atoms with E-state index in [9.17, 15) is 10.1 Å². The molecule has 1 atom stereocenters. The lowest BCUT2D eigenvalue weighted by atomic mass is 10.0. The number of nitrogens with zero attached hydrogens (tertiary/aromatic N) is 2. The van der Waals surface area contributed by atoms with Crippen LogP contribution in [0.25, 0.3) is 10.8 Å². The first-order valence-corrected chi connectivity index (χ1v) is 10.3. The molecule has 1 heterocycles. The Morgan fingerprint density at radius 1 is 1.32 bits per heavy atom. The van der Waals surface area contributed by atoms with Crippen molar-refractivity contribution in [3.8, 4) is 6.07 Å². The van der Waals surface area contributed by atoms with Crippen molar-refractivity contribution in [1.29, 1.82) is 5.26 Å². The van der Waals surface area contributed by atoms with E-state index in [-0.39, 0.29) is 5.91 Å². The lowest BCUT2D eigenvalue weighted by Gasteiger charge is -2.24. The van der Waals surface area contributed by atoms with Crippen LogP contribution in [0.2, 0.25) is 0 Å². The average Bonchev–Trinajstić information content (AvgIpc) is 3.17. The van der Waals surface area contributed by atoms with Crippen molar-refractivity contribution in [3.63, 3.8) is 0 Å². The number of benzene rings is 2. The van der Waals surface area contributed by atoms with E-state index < -0.39 is 0 Å². The van der Waals surface area contributed by atoms with E-state index in [1.807, 2.05) is 24.3 Å². The molecule has 2 aromatic rings. The Morgan fingerprint density at radius 2 is 2.18 bits per heavy atom. The summed E-state index contributed by atoms with van der Waals surface area (Å²) in [6, 6.07) is 13.7. The van der Waals surface area contributed by atoms with Crippen LogP contribution in [-0.4, -0.2) is 36.5 Å². The molecule has 0 bridgehead atoms. The molecule has 1 N–H and O–H groups in total. The second kappa shape index (κ2) is 10.2. The molecular weight excluding hydrogens is 350 g/mol. The Hall–Kier alpha value is -2.42. The molecule has 1 aliphatic rings. The second-order valence-corrected chi connectivity index (χ2v) is 7.46. The minimum Gasteiger partial charge on any atom is -0.300 e. The molecule has 0 saturated carbocycles. The molecular formula is C23H29N3O2. The third-order valence-corrected chi connectivity index (χ3v) is 5.51. The summed E-state index contributed by atoms with van der Waals surface area (Å²) in [6.07, 6.45) is 7.17. The highest BCUT2D eigenvalue weighted by atomic mass is 16.6. The molecule has 0 spiro atoms. The van der Waals surface area contributed by atoms with Gasteiger partial charge in [0.25, 0.3) is 5.91 Å². The van der Waals surface area contributed by atoms with Gasteiger partial charge >= 0.3 is 0 Å². The minimum atomic E-state index is -0.312. The van der Waals surface area contributed by atoms with Crippen molar-refractivity contribution >= 4 is 16.7 Å². The van der Waals surface area contributed by atoms with Crippen LogP contribution in [0.1, 0.15) is 61.4 Å². The van der Waals surface area contributed by atoms with Gasteiger partial charge in [-0.25, -0.2) is 5.48 Å². The molecule has 3 rings (SSSR count). The van der Waals surface area contributed by atoms with Crippen molar-refractivity contribution < 1.29 is 9.63 Å². The Balaban J connectivity index is 1.49. The van der Waals surface area contributed by atoms with Crippen LogP contribution in [0.15, 0.2) is 36.4 Å². The topological polar surface area (TPSA) is 65.4 Å². The first kappa shape index (κ1) is 20.3. The number of fused-ring (bicyclic) bond motifs is 1. The molecule has 1 aliphatic heterocycles. The summed E-state index contributed by atoms with van der Waals surface area (Å²) in [5, 5.41) is 11.1. The smallest absolute Gasteiger partial charge is 0.274 e. The molecule has 1 fully saturated rings. The van der Waals surface area contributed by atoms with Crippen LogP contribution in [-0.2, 0) is 4.84 Å². The van der Waals surface area contributed by atoms with Gasteiger partial charge in [0.2, 0.25) is 0 Å². The van der Waals surface area contributed by atoms with Gasteiger partial charge in [-0.3, -0.25) is 9.63 Å². The third kappa shape index (κ3) is 5.09. The fourth-order valence-electron chi connectivity index (χ4n) is 3.99. The highest BCUT2D eigenvalue weighted by Gasteiger charge is 2.23.